The zero-order valence-corrected chi connectivity index (χ0v) is 12.8. The third-order valence-corrected chi connectivity index (χ3v) is 3.33. The average molecular weight is 305 g/mol. The Labute approximate surface area is 127 Å². The van der Waals surface area contributed by atoms with Gasteiger partial charge in [-0.25, -0.2) is 4.79 Å². The molecule has 0 aliphatic carbocycles. The van der Waals surface area contributed by atoms with Gasteiger partial charge in [0.25, 0.3) is 5.91 Å². The second-order valence-corrected chi connectivity index (χ2v) is 5.13. The monoisotopic (exact) mass is 305 g/mol. The fourth-order valence-electron chi connectivity index (χ4n) is 2.06. The number of nitrogens with one attached hydrogen (secondary N) is 1. The van der Waals surface area contributed by atoms with Crippen LogP contribution in [0.5, 0.6) is 0 Å². The van der Waals surface area contributed by atoms with E-state index >= 15 is 0 Å². The van der Waals surface area contributed by atoms with Crippen LogP contribution in [-0.4, -0.2) is 43.1 Å². The third kappa shape index (κ3) is 3.51. The van der Waals surface area contributed by atoms with E-state index in [0.29, 0.717) is 18.7 Å². The molecule has 0 saturated carbocycles. The molecule has 0 aromatic carbocycles. The maximum absolute atomic E-state index is 12.0. The Balaban J connectivity index is 1.90. The molecule has 0 saturated heterocycles. The number of carbonyl (C=O) groups excluding carboxylic acids is 1. The fourth-order valence-corrected chi connectivity index (χ4v) is 2.06. The summed E-state index contributed by atoms with van der Waals surface area (Å²) in [6, 6.07) is 1.16. The molecule has 2 rings (SSSR count). The number of carboxylic acids is 1. The number of hydrogen-bond donors (Lipinski definition) is 2. The van der Waals surface area contributed by atoms with Crippen molar-refractivity contribution in [1.82, 2.24) is 24.9 Å². The molecule has 118 valence electrons. The van der Waals surface area contributed by atoms with Crippen LogP contribution in [0.1, 0.15) is 34.7 Å². The van der Waals surface area contributed by atoms with Crippen molar-refractivity contribution in [3.8, 4) is 0 Å². The van der Waals surface area contributed by atoms with Gasteiger partial charge in [0, 0.05) is 18.4 Å². The first-order valence-corrected chi connectivity index (χ1v) is 6.94. The molecule has 0 spiro atoms. The Kier molecular flexibility index (Phi) is 4.59. The molecule has 1 atom stereocenters. The third-order valence-electron chi connectivity index (χ3n) is 3.33. The summed E-state index contributed by atoms with van der Waals surface area (Å²) in [6.45, 7) is 6.38. The number of aryl methyl sites for hydroxylation is 2. The number of amides is 1. The number of rotatable bonds is 6. The number of carbonyl (C=O) groups is 2. The topological polar surface area (TPSA) is 102 Å². The van der Waals surface area contributed by atoms with Gasteiger partial charge in [0.15, 0.2) is 0 Å². The van der Waals surface area contributed by atoms with Gasteiger partial charge in [-0.3, -0.25) is 14.2 Å². The van der Waals surface area contributed by atoms with E-state index in [0.717, 1.165) is 11.4 Å². The molecule has 2 heterocycles. The van der Waals surface area contributed by atoms with Crippen LogP contribution < -0.4 is 5.32 Å². The first-order valence-electron chi connectivity index (χ1n) is 6.94. The lowest BCUT2D eigenvalue weighted by atomic mass is 10.3. The summed E-state index contributed by atoms with van der Waals surface area (Å²) in [5.74, 6) is -1.29. The molecule has 2 aromatic heterocycles. The predicted molar refractivity (Wildman–Crippen MR) is 78.6 cm³/mol. The second kappa shape index (κ2) is 6.42. The molecule has 1 amide bonds. The van der Waals surface area contributed by atoms with E-state index in [1.807, 2.05) is 24.6 Å². The van der Waals surface area contributed by atoms with Gasteiger partial charge in [-0.05, 0) is 26.8 Å². The van der Waals surface area contributed by atoms with E-state index in [1.54, 1.807) is 0 Å². The predicted octanol–water partition coefficient (Wildman–Crippen LogP) is 0.772. The first kappa shape index (κ1) is 15.7. The molecule has 2 N–H and O–H groups in total. The summed E-state index contributed by atoms with van der Waals surface area (Å²) in [5, 5.41) is 19.9. The maximum atomic E-state index is 12.0. The lowest BCUT2D eigenvalue weighted by Gasteiger charge is -2.06. The number of carboxylic acid groups (broad SMARTS) is 1. The Morgan fingerprint density at radius 1 is 1.41 bits per heavy atom. The molecule has 0 fully saturated rings. The molecule has 0 radical (unpaired) electrons. The molecule has 2 aromatic rings. The fraction of sp³-hybridized carbons (Fsp3) is 0.429. The van der Waals surface area contributed by atoms with Crippen LogP contribution in [0, 0.1) is 13.8 Å². The largest absolute Gasteiger partial charge is 0.480 e. The summed E-state index contributed by atoms with van der Waals surface area (Å²) in [7, 11) is 0. The molecule has 22 heavy (non-hydrogen) atoms. The molecule has 8 heteroatoms. The van der Waals surface area contributed by atoms with E-state index in [4.69, 9.17) is 5.11 Å². The number of nitrogens with zero attached hydrogens (tertiary/aromatic N) is 4. The Morgan fingerprint density at radius 2 is 2.14 bits per heavy atom. The number of aliphatic carboxylic acids is 1. The van der Waals surface area contributed by atoms with Crippen LogP contribution in [0.15, 0.2) is 18.5 Å². The summed E-state index contributed by atoms with van der Waals surface area (Å²) >= 11 is 0. The highest BCUT2D eigenvalue weighted by Gasteiger charge is 2.16. The highest BCUT2D eigenvalue weighted by Crippen LogP contribution is 2.07. The van der Waals surface area contributed by atoms with Crippen molar-refractivity contribution in [1.29, 1.82) is 0 Å². The van der Waals surface area contributed by atoms with Gasteiger partial charge in [0.1, 0.15) is 6.04 Å². The molecule has 1 unspecified atom stereocenters. The Morgan fingerprint density at radius 3 is 2.73 bits per heavy atom. The molecule has 8 nitrogen and oxygen atoms in total. The normalized spacial score (nSPS) is 12.1. The lowest BCUT2D eigenvalue weighted by molar-refractivity contribution is -0.140. The van der Waals surface area contributed by atoms with Crippen molar-refractivity contribution in [2.45, 2.75) is 33.4 Å². The second-order valence-electron chi connectivity index (χ2n) is 5.13. The summed E-state index contributed by atoms with van der Waals surface area (Å²) in [6.07, 6.45) is 2.79. The van der Waals surface area contributed by atoms with Gasteiger partial charge in [-0.15, -0.1) is 0 Å². The highest BCUT2D eigenvalue weighted by molar-refractivity contribution is 5.93. The van der Waals surface area contributed by atoms with E-state index < -0.39 is 12.0 Å². The van der Waals surface area contributed by atoms with E-state index in [1.165, 1.54) is 24.0 Å². The Bertz CT molecular complexity index is 688. The summed E-state index contributed by atoms with van der Waals surface area (Å²) in [5.41, 5.74) is 2.31. The molecule has 0 aliphatic rings. The zero-order valence-electron chi connectivity index (χ0n) is 12.8. The summed E-state index contributed by atoms with van der Waals surface area (Å²) in [4.78, 5) is 22.9. The van der Waals surface area contributed by atoms with Crippen LogP contribution in [0.2, 0.25) is 0 Å². The zero-order chi connectivity index (χ0) is 16.3. The smallest absolute Gasteiger partial charge is 0.328 e. The van der Waals surface area contributed by atoms with Crippen LogP contribution >= 0.6 is 0 Å². The first-order chi connectivity index (χ1) is 10.4. The van der Waals surface area contributed by atoms with Crippen molar-refractivity contribution in [2.75, 3.05) is 6.54 Å². The van der Waals surface area contributed by atoms with Crippen molar-refractivity contribution >= 4 is 11.9 Å². The standard InChI is InChI=1S/C14H19N5O3/c1-9-6-10(2)18(17-9)5-4-15-13(20)12-7-16-19(8-12)11(3)14(21)22/h6-8,11H,4-5H2,1-3H3,(H,15,20)(H,21,22). The van der Waals surface area contributed by atoms with Gasteiger partial charge in [0.2, 0.25) is 0 Å². The quantitative estimate of drug-likeness (QED) is 0.821. The van der Waals surface area contributed by atoms with Gasteiger partial charge in [-0.2, -0.15) is 10.2 Å². The lowest BCUT2D eigenvalue weighted by Crippen LogP contribution is -2.27. The molecule has 0 bridgehead atoms. The van der Waals surface area contributed by atoms with Crippen LogP contribution in [0.4, 0.5) is 0 Å². The van der Waals surface area contributed by atoms with Gasteiger partial charge in [0.05, 0.1) is 24.0 Å². The van der Waals surface area contributed by atoms with E-state index in [-0.39, 0.29) is 5.91 Å². The maximum Gasteiger partial charge on any atom is 0.328 e. The van der Waals surface area contributed by atoms with Gasteiger partial charge in [-0.1, -0.05) is 0 Å². The van der Waals surface area contributed by atoms with E-state index in [9.17, 15) is 9.59 Å². The minimum Gasteiger partial charge on any atom is -0.480 e. The van der Waals surface area contributed by atoms with Gasteiger partial charge >= 0.3 is 5.97 Å². The van der Waals surface area contributed by atoms with E-state index in [2.05, 4.69) is 15.5 Å². The van der Waals surface area contributed by atoms with Crippen LogP contribution in [-0.2, 0) is 11.3 Å². The highest BCUT2D eigenvalue weighted by atomic mass is 16.4. The Hall–Kier alpha value is -2.64. The van der Waals surface area contributed by atoms with Crippen molar-refractivity contribution in [2.24, 2.45) is 0 Å². The minimum atomic E-state index is -1.00. The van der Waals surface area contributed by atoms with Crippen molar-refractivity contribution < 1.29 is 14.7 Å². The molecular weight excluding hydrogens is 286 g/mol. The molecular formula is C14H19N5O3. The van der Waals surface area contributed by atoms with Crippen LogP contribution in [0.25, 0.3) is 0 Å². The van der Waals surface area contributed by atoms with Crippen LogP contribution in [0.3, 0.4) is 0 Å². The molecule has 0 aliphatic heterocycles. The van der Waals surface area contributed by atoms with Crippen molar-refractivity contribution in [3.63, 3.8) is 0 Å². The van der Waals surface area contributed by atoms with Crippen molar-refractivity contribution in [3.05, 3.63) is 35.4 Å². The average Bonchev–Trinajstić information content (AvgIpc) is 3.05. The van der Waals surface area contributed by atoms with Gasteiger partial charge < -0.3 is 10.4 Å². The summed E-state index contributed by atoms with van der Waals surface area (Å²) < 4.78 is 3.07. The SMILES string of the molecule is Cc1cc(C)n(CCNC(=O)c2cnn(C(C)C(=O)O)c2)n1. The minimum absolute atomic E-state index is 0.287. The number of aromatic nitrogens is 4. The number of hydrogen-bond acceptors (Lipinski definition) is 4.